The zero-order valence-corrected chi connectivity index (χ0v) is 22.3. The van der Waals surface area contributed by atoms with Gasteiger partial charge in [-0.15, -0.1) is 11.8 Å². The van der Waals surface area contributed by atoms with E-state index in [4.69, 9.17) is 4.74 Å². The first kappa shape index (κ1) is 26.9. The molecule has 2 radical (unpaired) electrons. The van der Waals surface area contributed by atoms with Gasteiger partial charge in [0, 0.05) is 71.0 Å². The van der Waals surface area contributed by atoms with Crippen LogP contribution < -0.4 is 5.32 Å². The van der Waals surface area contributed by atoms with Gasteiger partial charge in [-0.05, 0) is 36.2 Å². The molecule has 3 rings (SSSR count). The number of β-lactam (4-membered cyclic amide) rings is 1. The van der Waals surface area contributed by atoms with E-state index in [0.29, 0.717) is 5.56 Å². The summed E-state index contributed by atoms with van der Waals surface area (Å²) in [5.74, 6) is -5.61. The molecular weight excluding hydrogens is 442 g/mol. The topological polar surface area (TPSA) is 133 Å². The van der Waals surface area contributed by atoms with Gasteiger partial charge in [0.25, 0.3) is 11.6 Å². The van der Waals surface area contributed by atoms with Crippen molar-refractivity contribution in [2.75, 3.05) is 7.11 Å². The van der Waals surface area contributed by atoms with E-state index >= 15 is 0 Å². The maximum absolute atomic E-state index is 12.8. The van der Waals surface area contributed by atoms with Gasteiger partial charge >= 0.3 is 11.9 Å². The molecule has 0 spiro atoms. The number of carboxylic acids is 2. The molecule has 0 saturated carbocycles. The van der Waals surface area contributed by atoms with Gasteiger partial charge in [-0.3, -0.25) is 14.4 Å². The average molecular weight is 460 g/mol. The summed E-state index contributed by atoms with van der Waals surface area (Å²) in [6, 6.07) is 0.443. The van der Waals surface area contributed by atoms with Gasteiger partial charge in [-0.1, -0.05) is 0 Å². The summed E-state index contributed by atoms with van der Waals surface area (Å²) in [7, 11) is 1.22. The van der Waals surface area contributed by atoms with Crippen LogP contribution in [0.5, 0.6) is 0 Å². The molecule has 1 aromatic heterocycles. The number of rotatable bonds is 6. The number of hydrogen-bond acceptors (Lipinski definition) is 7. The van der Waals surface area contributed by atoms with Crippen molar-refractivity contribution in [1.82, 2.24) is 10.2 Å². The normalized spacial score (nSPS) is 27.6. The van der Waals surface area contributed by atoms with E-state index in [1.54, 1.807) is 24.6 Å². The molecule has 2 aliphatic heterocycles. The van der Waals surface area contributed by atoms with Gasteiger partial charge in [0.2, 0.25) is 5.91 Å². The molecule has 1 unspecified atom stereocenters. The zero-order valence-electron chi connectivity index (χ0n) is 16.7. The predicted molar refractivity (Wildman–Crippen MR) is 108 cm³/mol. The summed E-state index contributed by atoms with van der Waals surface area (Å²) in [5.41, 5.74) is -1.50. The Balaban J connectivity index is 0.00000210. The van der Waals surface area contributed by atoms with Crippen LogP contribution in [0.3, 0.4) is 0 Å². The summed E-state index contributed by atoms with van der Waals surface area (Å²) in [6.07, 6.45) is 0. The SMILES string of the molecule is CO[C@@]1(NC(=O)C(C(=O)O)c2ccsc2)C(=O)N2[C@@H](C(=O)O)C(C)(C)S[C@@H]21.[Na].[Na]. The molecule has 9 nitrogen and oxygen atoms in total. The third-order valence-corrected chi connectivity index (χ3v) is 7.07. The summed E-state index contributed by atoms with van der Waals surface area (Å²) in [5, 5.41) is 23.8. The van der Waals surface area contributed by atoms with E-state index in [1.807, 2.05) is 0 Å². The van der Waals surface area contributed by atoms with E-state index in [-0.39, 0.29) is 59.1 Å². The molecule has 3 heterocycles. The molecular formula is C16H18N2Na2O7S2. The minimum Gasteiger partial charge on any atom is -0.480 e. The van der Waals surface area contributed by atoms with Crippen LogP contribution in [0.1, 0.15) is 25.3 Å². The first-order valence-electron chi connectivity index (χ1n) is 7.92. The second kappa shape index (κ2) is 9.58. The van der Waals surface area contributed by atoms with Crippen molar-refractivity contribution >= 4 is 106 Å². The Kier molecular flexibility index (Phi) is 8.89. The number of aliphatic carboxylic acids is 2. The quantitative estimate of drug-likeness (QED) is 0.229. The number of amides is 2. The largest absolute Gasteiger partial charge is 0.480 e. The first-order chi connectivity index (χ1) is 12.6. The van der Waals surface area contributed by atoms with Gasteiger partial charge in [0.15, 0.2) is 5.92 Å². The third-order valence-electron chi connectivity index (χ3n) is 4.76. The molecule has 29 heavy (non-hydrogen) atoms. The number of nitrogens with one attached hydrogen (secondary N) is 1. The van der Waals surface area contributed by atoms with E-state index in [2.05, 4.69) is 5.32 Å². The Bertz CT molecular complexity index is 820. The van der Waals surface area contributed by atoms with Crippen LogP contribution in [0.2, 0.25) is 0 Å². The maximum atomic E-state index is 12.8. The number of methoxy groups -OCH3 is 1. The van der Waals surface area contributed by atoms with Gasteiger partial charge in [-0.2, -0.15) is 11.3 Å². The first-order valence-corrected chi connectivity index (χ1v) is 9.74. The summed E-state index contributed by atoms with van der Waals surface area (Å²) in [4.78, 5) is 49.9. The van der Waals surface area contributed by atoms with Crippen LogP contribution in [0.15, 0.2) is 16.8 Å². The molecule has 2 amide bonds. The monoisotopic (exact) mass is 460 g/mol. The molecule has 148 valence electrons. The third kappa shape index (κ3) is 4.31. The molecule has 4 atom stereocenters. The van der Waals surface area contributed by atoms with Crippen LogP contribution in [0.4, 0.5) is 0 Å². The molecule has 0 aliphatic carbocycles. The van der Waals surface area contributed by atoms with Gasteiger partial charge in [0.05, 0.1) is 0 Å². The van der Waals surface area contributed by atoms with Crippen molar-refractivity contribution in [3.8, 4) is 0 Å². The fraction of sp³-hybridized carbons (Fsp3) is 0.500. The van der Waals surface area contributed by atoms with Gasteiger partial charge < -0.3 is 25.2 Å². The van der Waals surface area contributed by atoms with Crippen molar-refractivity contribution in [3.63, 3.8) is 0 Å². The Hall–Kier alpha value is -0.110. The number of fused-ring (bicyclic) bond motifs is 1. The summed E-state index contributed by atoms with van der Waals surface area (Å²) in [6.45, 7) is 3.38. The fourth-order valence-electron chi connectivity index (χ4n) is 3.48. The van der Waals surface area contributed by atoms with Crippen molar-refractivity contribution in [3.05, 3.63) is 22.4 Å². The van der Waals surface area contributed by atoms with Crippen LogP contribution >= 0.6 is 23.1 Å². The van der Waals surface area contributed by atoms with Crippen molar-refractivity contribution in [1.29, 1.82) is 0 Å². The van der Waals surface area contributed by atoms with Crippen LogP contribution in [0, 0.1) is 0 Å². The number of carbonyl (C=O) groups excluding carboxylic acids is 2. The molecule has 2 aliphatic rings. The van der Waals surface area contributed by atoms with Crippen LogP contribution in [-0.2, 0) is 23.9 Å². The van der Waals surface area contributed by atoms with E-state index in [0.717, 1.165) is 4.90 Å². The fourth-order valence-corrected chi connectivity index (χ4v) is 5.84. The van der Waals surface area contributed by atoms with Crippen LogP contribution in [-0.4, -0.2) is 127 Å². The standard InChI is InChI=1S/C16H18N2O7S2.2Na/c1-15(2)9(12(22)23)18-13(24)16(25-3,14(18)27-15)17-10(19)8(11(20)21)7-4-5-26-6-7;;/h4-6,8-9,14H,1-3H3,(H,17,19)(H,20,21)(H,22,23);;/t8?,9-,14+,16-;;/m0../s1. The number of carbonyl (C=O) groups is 4. The van der Waals surface area contributed by atoms with E-state index in [9.17, 15) is 29.4 Å². The molecule has 2 fully saturated rings. The molecule has 1 aromatic rings. The molecule has 3 N–H and O–H groups in total. The Morgan fingerprint density at radius 2 is 1.90 bits per heavy atom. The van der Waals surface area contributed by atoms with Crippen molar-refractivity contribution in [2.45, 2.75) is 41.7 Å². The number of thioether (sulfide) groups is 1. The van der Waals surface area contributed by atoms with E-state index < -0.39 is 51.6 Å². The smallest absolute Gasteiger partial charge is 0.327 e. The number of hydrogen-bond donors (Lipinski definition) is 3. The number of thiophene rings is 1. The van der Waals surface area contributed by atoms with E-state index in [1.165, 1.54) is 36.3 Å². The Morgan fingerprint density at radius 1 is 1.28 bits per heavy atom. The minimum absolute atomic E-state index is 0. The van der Waals surface area contributed by atoms with Gasteiger partial charge in [-0.25, -0.2) is 4.79 Å². The second-order valence-electron chi connectivity index (χ2n) is 6.78. The second-order valence-corrected chi connectivity index (χ2v) is 9.30. The molecule has 0 aromatic carbocycles. The summed E-state index contributed by atoms with van der Waals surface area (Å²) < 4.78 is 4.50. The minimum atomic E-state index is -1.80. The molecule has 0 bridgehead atoms. The van der Waals surface area contributed by atoms with Gasteiger partial charge in [0.1, 0.15) is 11.4 Å². The van der Waals surface area contributed by atoms with Crippen molar-refractivity contribution in [2.24, 2.45) is 0 Å². The van der Waals surface area contributed by atoms with Crippen molar-refractivity contribution < 1.29 is 34.1 Å². The molecule has 13 heteroatoms. The zero-order chi connectivity index (χ0) is 20.1. The van der Waals surface area contributed by atoms with Crippen LogP contribution in [0.25, 0.3) is 0 Å². The average Bonchev–Trinajstić information content (AvgIpc) is 3.16. The number of ether oxygens (including phenoxy) is 1. The predicted octanol–water partition coefficient (Wildman–Crippen LogP) is -0.239. The molecule has 2 saturated heterocycles. The number of carboxylic acid groups (broad SMARTS) is 2. The number of nitrogens with zero attached hydrogens (tertiary/aromatic N) is 1. The summed E-state index contributed by atoms with van der Waals surface area (Å²) >= 11 is 2.43. The Labute approximate surface area is 219 Å². The maximum Gasteiger partial charge on any atom is 0.327 e. The Morgan fingerprint density at radius 3 is 2.34 bits per heavy atom.